The van der Waals surface area contributed by atoms with Crippen molar-refractivity contribution in [1.29, 1.82) is 0 Å². The summed E-state index contributed by atoms with van der Waals surface area (Å²) in [5, 5.41) is 7.69. The third kappa shape index (κ3) is 3.76. The van der Waals surface area contributed by atoms with Crippen LogP contribution in [-0.4, -0.2) is 20.9 Å². The van der Waals surface area contributed by atoms with Gasteiger partial charge in [-0.25, -0.2) is 13.6 Å². The summed E-state index contributed by atoms with van der Waals surface area (Å²) in [5.41, 5.74) is 5.29. The summed E-state index contributed by atoms with van der Waals surface area (Å²) in [5.74, 6) is -0.246. The van der Waals surface area contributed by atoms with Gasteiger partial charge in [0.2, 0.25) is 15.9 Å². The Morgan fingerprint density at radius 3 is 2.53 bits per heavy atom. The van der Waals surface area contributed by atoms with Crippen LogP contribution in [0.5, 0.6) is 0 Å². The van der Waals surface area contributed by atoms with Crippen LogP contribution in [0.3, 0.4) is 0 Å². The summed E-state index contributed by atoms with van der Waals surface area (Å²) in [6.45, 7) is 3.84. The maximum Gasteiger partial charge on any atom is 0.238 e. The van der Waals surface area contributed by atoms with E-state index in [0.29, 0.717) is 12.1 Å². The number of primary sulfonamides is 1. The maximum absolute atomic E-state index is 12.1. The second-order valence-electron chi connectivity index (χ2n) is 4.65. The number of anilines is 1. The lowest BCUT2D eigenvalue weighted by Crippen LogP contribution is -2.39. The highest BCUT2D eigenvalue weighted by Crippen LogP contribution is 2.22. The molecule has 0 bridgehead atoms. The first-order valence-electron chi connectivity index (χ1n) is 5.87. The maximum atomic E-state index is 12.1. The van der Waals surface area contributed by atoms with Crippen molar-refractivity contribution in [3.8, 4) is 0 Å². The molecule has 106 valence electrons. The standard InChI is InChI=1S/C12H19N3O3S/c1-3-12(2,8-13)11(16)15-9-5-4-6-10(7-9)19(14,17)18/h4-7H,3,8,13H2,1-2H3,(H,15,16)(H2,14,17,18). The molecule has 1 unspecified atom stereocenters. The molecular weight excluding hydrogens is 266 g/mol. The van der Waals surface area contributed by atoms with Crippen LogP contribution in [-0.2, 0) is 14.8 Å². The van der Waals surface area contributed by atoms with Gasteiger partial charge in [-0.1, -0.05) is 13.0 Å². The Hall–Kier alpha value is -1.44. The van der Waals surface area contributed by atoms with E-state index < -0.39 is 15.4 Å². The van der Waals surface area contributed by atoms with Gasteiger partial charge in [0.05, 0.1) is 10.3 Å². The van der Waals surface area contributed by atoms with Crippen LogP contribution in [0.25, 0.3) is 0 Å². The van der Waals surface area contributed by atoms with E-state index in [0.717, 1.165) is 0 Å². The van der Waals surface area contributed by atoms with E-state index in [9.17, 15) is 13.2 Å². The Morgan fingerprint density at radius 1 is 1.42 bits per heavy atom. The number of nitrogens with one attached hydrogen (secondary N) is 1. The third-order valence-electron chi connectivity index (χ3n) is 3.20. The predicted molar refractivity (Wildman–Crippen MR) is 73.9 cm³/mol. The monoisotopic (exact) mass is 285 g/mol. The molecule has 0 fully saturated rings. The van der Waals surface area contributed by atoms with E-state index in [4.69, 9.17) is 10.9 Å². The average molecular weight is 285 g/mol. The van der Waals surface area contributed by atoms with Gasteiger partial charge in [0.25, 0.3) is 0 Å². The van der Waals surface area contributed by atoms with E-state index in [1.807, 2.05) is 6.92 Å². The minimum Gasteiger partial charge on any atom is -0.329 e. The van der Waals surface area contributed by atoms with Crippen molar-refractivity contribution in [2.75, 3.05) is 11.9 Å². The first-order chi connectivity index (χ1) is 8.73. The Bertz CT molecular complexity index is 565. The number of amides is 1. The molecule has 7 heteroatoms. The Balaban J connectivity index is 2.99. The molecule has 0 aliphatic rings. The highest BCUT2D eigenvalue weighted by molar-refractivity contribution is 7.89. The average Bonchev–Trinajstić information content (AvgIpc) is 2.37. The summed E-state index contributed by atoms with van der Waals surface area (Å²) in [6, 6.07) is 5.80. The van der Waals surface area contributed by atoms with Crippen LogP contribution in [0.1, 0.15) is 20.3 Å². The van der Waals surface area contributed by atoms with Crippen molar-refractivity contribution in [3.63, 3.8) is 0 Å². The molecule has 0 aromatic heterocycles. The molecule has 1 rings (SSSR count). The molecule has 19 heavy (non-hydrogen) atoms. The Morgan fingerprint density at radius 2 is 2.05 bits per heavy atom. The van der Waals surface area contributed by atoms with Gasteiger partial charge in [-0.3, -0.25) is 4.79 Å². The van der Waals surface area contributed by atoms with Crippen LogP contribution in [0.15, 0.2) is 29.2 Å². The van der Waals surface area contributed by atoms with Crippen LogP contribution >= 0.6 is 0 Å². The number of carbonyl (C=O) groups excluding carboxylic acids is 1. The molecule has 0 radical (unpaired) electrons. The van der Waals surface area contributed by atoms with Gasteiger partial charge in [-0.2, -0.15) is 0 Å². The molecule has 0 aliphatic heterocycles. The lowest BCUT2D eigenvalue weighted by atomic mass is 9.86. The van der Waals surface area contributed by atoms with Crippen molar-refractivity contribution in [2.24, 2.45) is 16.3 Å². The van der Waals surface area contributed by atoms with Gasteiger partial charge in [-0.15, -0.1) is 0 Å². The summed E-state index contributed by atoms with van der Waals surface area (Å²) in [6.07, 6.45) is 0.588. The molecule has 1 amide bonds. The number of carbonyl (C=O) groups is 1. The zero-order chi connectivity index (χ0) is 14.7. The van der Waals surface area contributed by atoms with Crippen LogP contribution in [0.2, 0.25) is 0 Å². The van der Waals surface area contributed by atoms with E-state index >= 15 is 0 Å². The van der Waals surface area contributed by atoms with Gasteiger partial charge in [0.15, 0.2) is 0 Å². The van der Waals surface area contributed by atoms with E-state index in [1.165, 1.54) is 18.2 Å². The summed E-state index contributed by atoms with van der Waals surface area (Å²) in [4.78, 5) is 12.0. The molecular formula is C12H19N3O3S. The second kappa shape index (κ2) is 5.68. The molecule has 1 aromatic carbocycles. The van der Waals surface area contributed by atoms with Gasteiger partial charge in [0, 0.05) is 12.2 Å². The molecule has 0 spiro atoms. The van der Waals surface area contributed by atoms with Crippen molar-refractivity contribution in [3.05, 3.63) is 24.3 Å². The Kier molecular flexibility index (Phi) is 4.67. The van der Waals surface area contributed by atoms with Crippen molar-refractivity contribution in [1.82, 2.24) is 0 Å². The largest absolute Gasteiger partial charge is 0.329 e. The quantitative estimate of drug-likeness (QED) is 0.736. The molecule has 6 nitrogen and oxygen atoms in total. The van der Waals surface area contributed by atoms with Gasteiger partial charge >= 0.3 is 0 Å². The lowest BCUT2D eigenvalue weighted by Gasteiger charge is -2.25. The SMILES string of the molecule is CCC(C)(CN)C(=O)Nc1cccc(S(N)(=O)=O)c1. The van der Waals surface area contributed by atoms with E-state index in [2.05, 4.69) is 5.32 Å². The highest BCUT2D eigenvalue weighted by Gasteiger charge is 2.29. The number of benzene rings is 1. The zero-order valence-corrected chi connectivity index (χ0v) is 11.8. The first kappa shape index (κ1) is 15.6. The van der Waals surface area contributed by atoms with Gasteiger partial charge in [-0.05, 0) is 31.5 Å². The number of hydrogen-bond donors (Lipinski definition) is 3. The molecule has 0 heterocycles. The van der Waals surface area contributed by atoms with Gasteiger partial charge < -0.3 is 11.1 Å². The predicted octanol–water partition coefficient (Wildman–Crippen LogP) is 0.647. The van der Waals surface area contributed by atoms with Crippen molar-refractivity contribution >= 4 is 21.6 Å². The first-order valence-corrected chi connectivity index (χ1v) is 7.42. The minimum atomic E-state index is -3.78. The molecule has 1 aromatic rings. The summed E-state index contributed by atoms with van der Waals surface area (Å²) >= 11 is 0. The lowest BCUT2D eigenvalue weighted by molar-refractivity contribution is -0.124. The van der Waals surface area contributed by atoms with E-state index in [-0.39, 0.29) is 17.3 Å². The zero-order valence-electron chi connectivity index (χ0n) is 11.0. The molecule has 0 aliphatic carbocycles. The summed E-state index contributed by atoms with van der Waals surface area (Å²) < 4.78 is 22.5. The van der Waals surface area contributed by atoms with Crippen molar-refractivity contribution < 1.29 is 13.2 Å². The van der Waals surface area contributed by atoms with Crippen LogP contribution < -0.4 is 16.2 Å². The molecule has 0 saturated carbocycles. The van der Waals surface area contributed by atoms with Crippen LogP contribution in [0.4, 0.5) is 5.69 Å². The fraction of sp³-hybridized carbons (Fsp3) is 0.417. The minimum absolute atomic E-state index is 0.0451. The molecule has 0 saturated heterocycles. The normalized spacial score (nSPS) is 14.7. The topological polar surface area (TPSA) is 115 Å². The van der Waals surface area contributed by atoms with Crippen LogP contribution in [0, 0.1) is 5.41 Å². The number of hydrogen-bond acceptors (Lipinski definition) is 4. The fourth-order valence-corrected chi connectivity index (χ4v) is 1.99. The smallest absolute Gasteiger partial charge is 0.238 e. The van der Waals surface area contributed by atoms with E-state index in [1.54, 1.807) is 13.0 Å². The van der Waals surface area contributed by atoms with Crippen molar-refractivity contribution in [2.45, 2.75) is 25.2 Å². The number of sulfonamides is 1. The number of nitrogens with two attached hydrogens (primary N) is 2. The highest BCUT2D eigenvalue weighted by atomic mass is 32.2. The second-order valence-corrected chi connectivity index (χ2v) is 6.21. The molecule has 1 atom stereocenters. The van der Waals surface area contributed by atoms with Gasteiger partial charge in [0.1, 0.15) is 0 Å². The molecule has 5 N–H and O–H groups in total. The summed E-state index contributed by atoms with van der Waals surface area (Å²) in [7, 11) is -3.78. The fourth-order valence-electron chi connectivity index (χ4n) is 1.43. The number of rotatable bonds is 5. The Labute approximate surface area is 113 Å². The third-order valence-corrected chi connectivity index (χ3v) is 4.11.